The number of carbonyl (C=O) groups excluding carboxylic acids is 1. The minimum absolute atomic E-state index is 0.164. The van der Waals surface area contributed by atoms with Crippen molar-refractivity contribution in [1.29, 1.82) is 0 Å². The fourth-order valence-electron chi connectivity index (χ4n) is 2.46. The van der Waals surface area contributed by atoms with Gasteiger partial charge in [-0.15, -0.1) is 0 Å². The van der Waals surface area contributed by atoms with Crippen molar-refractivity contribution in [3.63, 3.8) is 0 Å². The second-order valence-electron chi connectivity index (χ2n) is 5.37. The Morgan fingerprint density at radius 2 is 2.05 bits per heavy atom. The molecule has 1 saturated carbocycles. The number of nitrogens with zero attached hydrogens (tertiary/aromatic N) is 2. The van der Waals surface area contributed by atoms with E-state index in [1.807, 2.05) is 0 Å². The lowest BCUT2D eigenvalue weighted by molar-refractivity contribution is 0.0905. The molecule has 1 aliphatic rings. The Kier molecular flexibility index (Phi) is 4.31. The summed E-state index contributed by atoms with van der Waals surface area (Å²) in [5.41, 5.74) is 2.70. The molecule has 3 unspecified atom stereocenters. The van der Waals surface area contributed by atoms with Crippen molar-refractivity contribution in [1.82, 2.24) is 15.3 Å². The van der Waals surface area contributed by atoms with Crippen LogP contribution in [0.1, 0.15) is 43.6 Å². The van der Waals surface area contributed by atoms with E-state index in [-0.39, 0.29) is 11.9 Å². The zero-order chi connectivity index (χ0) is 13.8. The van der Waals surface area contributed by atoms with E-state index in [9.17, 15) is 4.79 Å². The van der Waals surface area contributed by atoms with E-state index in [4.69, 9.17) is 5.84 Å². The molecule has 1 fully saturated rings. The average Bonchev–Trinajstić information content (AvgIpc) is 2.43. The van der Waals surface area contributed by atoms with Gasteiger partial charge in [0.05, 0.1) is 12.4 Å². The normalized spacial score (nSPS) is 26.8. The van der Waals surface area contributed by atoms with Crippen molar-refractivity contribution >= 4 is 11.7 Å². The van der Waals surface area contributed by atoms with Crippen molar-refractivity contribution in [3.8, 4) is 0 Å². The van der Waals surface area contributed by atoms with Crippen LogP contribution in [0.4, 0.5) is 5.82 Å². The molecule has 2 rings (SSSR count). The Labute approximate surface area is 113 Å². The molecule has 0 saturated heterocycles. The summed E-state index contributed by atoms with van der Waals surface area (Å²) in [5.74, 6) is 6.86. The first-order chi connectivity index (χ1) is 9.10. The first kappa shape index (κ1) is 13.7. The van der Waals surface area contributed by atoms with Crippen LogP contribution in [0.15, 0.2) is 12.4 Å². The lowest BCUT2D eigenvalue weighted by atomic mass is 9.79. The molecule has 0 spiro atoms. The highest BCUT2D eigenvalue weighted by atomic mass is 16.1. The number of nitrogens with two attached hydrogens (primary N) is 1. The number of nitrogen functional groups attached to an aromatic ring is 1. The zero-order valence-corrected chi connectivity index (χ0v) is 11.4. The van der Waals surface area contributed by atoms with Crippen LogP contribution in [0.25, 0.3) is 0 Å². The zero-order valence-electron chi connectivity index (χ0n) is 11.4. The predicted molar refractivity (Wildman–Crippen MR) is 73.3 cm³/mol. The van der Waals surface area contributed by atoms with Crippen molar-refractivity contribution < 1.29 is 4.79 Å². The Balaban J connectivity index is 1.93. The maximum atomic E-state index is 12.0. The minimum Gasteiger partial charge on any atom is -0.348 e. The number of anilines is 1. The van der Waals surface area contributed by atoms with E-state index < -0.39 is 0 Å². The van der Waals surface area contributed by atoms with E-state index >= 15 is 0 Å². The Hall–Kier alpha value is -1.69. The fourth-order valence-corrected chi connectivity index (χ4v) is 2.46. The molecule has 4 N–H and O–H groups in total. The van der Waals surface area contributed by atoms with E-state index in [1.54, 1.807) is 0 Å². The number of carbonyl (C=O) groups is 1. The summed E-state index contributed by atoms with van der Waals surface area (Å²) in [6.45, 7) is 4.51. The number of hydrogen-bond acceptors (Lipinski definition) is 5. The molecule has 1 aromatic rings. The first-order valence-corrected chi connectivity index (χ1v) is 6.69. The van der Waals surface area contributed by atoms with Gasteiger partial charge < -0.3 is 10.7 Å². The molecular weight excluding hydrogens is 242 g/mol. The fraction of sp³-hybridized carbons (Fsp3) is 0.615. The van der Waals surface area contributed by atoms with Crippen molar-refractivity contribution in [3.05, 3.63) is 18.1 Å². The highest BCUT2D eigenvalue weighted by molar-refractivity contribution is 5.92. The standard InChI is InChI=1S/C13H21N5O/c1-8-3-4-10(5-9(8)2)17-13(19)11-6-16-12(18-14)7-15-11/h6-10H,3-5,14H2,1-2H3,(H,16,18)(H,17,19). The van der Waals surface area contributed by atoms with Crippen LogP contribution in [0, 0.1) is 11.8 Å². The van der Waals surface area contributed by atoms with Crippen molar-refractivity contribution in [2.24, 2.45) is 17.7 Å². The maximum Gasteiger partial charge on any atom is 0.271 e. The Bertz CT molecular complexity index is 433. The third kappa shape index (κ3) is 3.41. The van der Waals surface area contributed by atoms with E-state index in [2.05, 4.69) is 34.6 Å². The van der Waals surface area contributed by atoms with Gasteiger partial charge in [0.25, 0.3) is 5.91 Å². The molecule has 6 nitrogen and oxygen atoms in total. The largest absolute Gasteiger partial charge is 0.348 e. The van der Waals surface area contributed by atoms with Crippen LogP contribution < -0.4 is 16.6 Å². The summed E-state index contributed by atoms with van der Waals surface area (Å²) in [6, 6.07) is 0.243. The summed E-state index contributed by atoms with van der Waals surface area (Å²) < 4.78 is 0. The number of amides is 1. The topological polar surface area (TPSA) is 92.9 Å². The second-order valence-corrected chi connectivity index (χ2v) is 5.37. The van der Waals surface area contributed by atoms with Crippen LogP contribution in [0.5, 0.6) is 0 Å². The number of hydrazine groups is 1. The van der Waals surface area contributed by atoms with Gasteiger partial charge in [-0.25, -0.2) is 15.8 Å². The maximum absolute atomic E-state index is 12.0. The summed E-state index contributed by atoms with van der Waals surface area (Å²) >= 11 is 0. The quantitative estimate of drug-likeness (QED) is 0.565. The number of hydrogen-bond donors (Lipinski definition) is 3. The van der Waals surface area contributed by atoms with Gasteiger partial charge in [0.15, 0.2) is 5.82 Å². The smallest absolute Gasteiger partial charge is 0.271 e. The molecule has 0 aliphatic heterocycles. The van der Waals surface area contributed by atoms with E-state index in [0.29, 0.717) is 17.4 Å². The van der Waals surface area contributed by atoms with Gasteiger partial charge in [0.1, 0.15) is 5.69 Å². The van der Waals surface area contributed by atoms with E-state index in [1.165, 1.54) is 12.4 Å². The molecule has 0 bridgehead atoms. The average molecular weight is 263 g/mol. The molecule has 3 atom stereocenters. The number of nitrogens with one attached hydrogen (secondary N) is 2. The summed E-state index contributed by atoms with van der Waals surface area (Å²) in [4.78, 5) is 20.0. The lowest BCUT2D eigenvalue weighted by Crippen LogP contribution is -2.40. The molecule has 6 heteroatoms. The van der Waals surface area contributed by atoms with Gasteiger partial charge in [-0.2, -0.15) is 0 Å². The Morgan fingerprint density at radius 1 is 1.26 bits per heavy atom. The number of aromatic nitrogens is 2. The van der Waals surface area contributed by atoms with Crippen LogP contribution in [0.3, 0.4) is 0 Å². The number of rotatable bonds is 3. The van der Waals surface area contributed by atoms with Gasteiger partial charge >= 0.3 is 0 Å². The highest BCUT2D eigenvalue weighted by Gasteiger charge is 2.26. The molecule has 104 valence electrons. The lowest BCUT2D eigenvalue weighted by Gasteiger charge is -2.32. The van der Waals surface area contributed by atoms with Crippen LogP contribution in [0.2, 0.25) is 0 Å². The van der Waals surface area contributed by atoms with E-state index in [0.717, 1.165) is 25.2 Å². The Morgan fingerprint density at radius 3 is 2.63 bits per heavy atom. The molecule has 1 amide bonds. The molecule has 0 aromatic carbocycles. The van der Waals surface area contributed by atoms with Gasteiger partial charge in [-0.1, -0.05) is 13.8 Å². The molecule has 19 heavy (non-hydrogen) atoms. The van der Waals surface area contributed by atoms with Crippen LogP contribution in [-0.4, -0.2) is 21.9 Å². The van der Waals surface area contributed by atoms with Crippen molar-refractivity contribution in [2.45, 2.75) is 39.2 Å². The van der Waals surface area contributed by atoms with Crippen LogP contribution in [-0.2, 0) is 0 Å². The summed E-state index contributed by atoms with van der Waals surface area (Å²) in [6.07, 6.45) is 6.10. The molecule has 1 aliphatic carbocycles. The summed E-state index contributed by atoms with van der Waals surface area (Å²) in [7, 11) is 0. The van der Waals surface area contributed by atoms with Crippen molar-refractivity contribution in [2.75, 3.05) is 5.43 Å². The van der Waals surface area contributed by atoms with Gasteiger partial charge in [-0.3, -0.25) is 4.79 Å². The molecule has 0 radical (unpaired) electrons. The minimum atomic E-state index is -0.164. The molecule has 1 aromatic heterocycles. The van der Waals surface area contributed by atoms with Gasteiger partial charge in [0, 0.05) is 6.04 Å². The van der Waals surface area contributed by atoms with Gasteiger partial charge in [-0.05, 0) is 31.1 Å². The monoisotopic (exact) mass is 263 g/mol. The third-order valence-electron chi connectivity index (χ3n) is 3.97. The second kappa shape index (κ2) is 5.97. The van der Waals surface area contributed by atoms with Crippen LogP contribution >= 0.6 is 0 Å². The highest BCUT2D eigenvalue weighted by Crippen LogP contribution is 2.29. The molecular formula is C13H21N5O. The summed E-state index contributed by atoms with van der Waals surface area (Å²) in [5, 5.41) is 3.03. The SMILES string of the molecule is CC1CCC(NC(=O)c2cnc(NN)cn2)CC1C. The van der Waals surface area contributed by atoms with Gasteiger partial charge in [0.2, 0.25) is 0 Å². The first-order valence-electron chi connectivity index (χ1n) is 6.69. The third-order valence-corrected chi connectivity index (χ3v) is 3.97. The predicted octanol–water partition coefficient (Wildman–Crippen LogP) is 1.32. The molecule has 1 heterocycles.